The zero-order chi connectivity index (χ0) is 17.8. The van der Waals surface area contributed by atoms with Gasteiger partial charge in [0.25, 0.3) is 0 Å². The molecule has 1 aromatic heterocycles. The Morgan fingerprint density at radius 3 is 2.44 bits per heavy atom. The molecule has 1 heterocycles. The van der Waals surface area contributed by atoms with Gasteiger partial charge in [-0.2, -0.15) is 4.98 Å². The van der Waals surface area contributed by atoms with E-state index in [0.29, 0.717) is 5.95 Å². The molecule has 0 aliphatic rings. The lowest BCUT2D eigenvalue weighted by molar-refractivity contribution is 0.858. The summed E-state index contributed by atoms with van der Waals surface area (Å²) in [6.07, 6.45) is 0. The van der Waals surface area contributed by atoms with Crippen molar-refractivity contribution in [2.75, 3.05) is 10.6 Å². The number of rotatable bonds is 5. The summed E-state index contributed by atoms with van der Waals surface area (Å²) in [5.41, 5.74) is 4.29. The molecule has 3 aromatic rings. The Balaban J connectivity index is 1.80. The normalized spacial score (nSPS) is 11.8. The first-order valence-electron chi connectivity index (χ1n) is 8.21. The minimum absolute atomic E-state index is 0.130. The van der Waals surface area contributed by atoms with Gasteiger partial charge in [-0.3, -0.25) is 0 Å². The van der Waals surface area contributed by atoms with Crippen molar-refractivity contribution in [1.29, 1.82) is 0 Å². The maximum atomic E-state index is 4.61. The smallest absolute Gasteiger partial charge is 0.225 e. The number of nitrogens with one attached hydrogen (secondary N) is 2. The molecule has 128 valence electrons. The Bertz CT molecular complexity index is 865. The summed E-state index contributed by atoms with van der Waals surface area (Å²) in [5, 5.41) is 6.76. The number of aryl methyl sites for hydroxylation is 2. The summed E-state index contributed by atoms with van der Waals surface area (Å²) in [7, 11) is 0. The summed E-state index contributed by atoms with van der Waals surface area (Å²) < 4.78 is 1.06. The van der Waals surface area contributed by atoms with Crippen LogP contribution in [0.5, 0.6) is 0 Å². The number of nitrogens with zero attached hydrogens (tertiary/aromatic N) is 2. The second-order valence-electron chi connectivity index (χ2n) is 6.08. The molecule has 0 saturated heterocycles. The maximum Gasteiger partial charge on any atom is 0.225 e. The molecular weight excluding hydrogens is 376 g/mol. The minimum atomic E-state index is 0.130. The molecule has 1 atom stereocenters. The van der Waals surface area contributed by atoms with E-state index < -0.39 is 0 Å². The fourth-order valence-electron chi connectivity index (χ4n) is 2.62. The van der Waals surface area contributed by atoms with Crippen molar-refractivity contribution < 1.29 is 0 Å². The van der Waals surface area contributed by atoms with Gasteiger partial charge >= 0.3 is 0 Å². The SMILES string of the molecule is Cc1cc(Nc2ccc(Br)cc2C)nc(NC(C)c2ccccc2)n1. The molecule has 0 aliphatic heterocycles. The first kappa shape index (κ1) is 17.4. The van der Waals surface area contributed by atoms with Crippen molar-refractivity contribution in [2.45, 2.75) is 26.8 Å². The number of hydrogen-bond donors (Lipinski definition) is 2. The molecule has 2 N–H and O–H groups in total. The zero-order valence-corrected chi connectivity index (χ0v) is 16.1. The van der Waals surface area contributed by atoms with E-state index in [1.54, 1.807) is 0 Å². The Morgan fingerprint density at radius 2 is 1.72 bits per heavy atom. The Morgan fingerprint density at radius 1 is 0.960 bits per heavy atom. The number of hydrogen-bond acceptors (Lipinski definition) is 4. The number of halogens is 1. The molecule has 0 radical (unpaired) electrons. The largest absolute Gasteiger partial charge is 0.348 e. The molecule has 0 spiro atoms. The number of aromatic nitrogens is 2. The van der Waals surface area contributed by atoms with Crippen LogP contribution in [0.4, 0.5) is 17.5 Å². The van der Waals surface area contributed by atoms with Crippen molar-refractivity contribution in [3.8, 4) is 0 Å². The molecule has 1 unspecified atom stereocenters. The first-order chi connectivity index (χ1) is 12.0. The van der Waals surface area contributed by atoms with Crippen molar-refractivity contribution in [3.63, 3.8) is 0 Å². The Labute approximate surface area is 156 Å². The summed E-state index contributed by atoms with van der Waals surface area (Å²) in [6.45, 7) is 6.14. The average molecular weight is 397 g/mol. The highest BCUT2D eigenvalue weighted by Gasteiger charge is 2.09. The van der Waals surface area contributed by atoms with Gasteiger partial charge in [0, 0.05) is 21.9 Å². The number of anilines is 3. The number of benzene rings is 2. The highest BCUT2D eigenvalue weighted by molar-refractivity contribution is 9.10. The van der Waals surface area contributed by atoms with Gasteiger partial charge in [0.05, 0.1) is 6.04 Å². The van der Waals surface area contributed by atoms with E-state index in [0.717, 1.165) is 27.2 Å². The van der Waals surface area contributed by atoms with Crippen molar-refractivity contribution in [2.24, 2.45) is 0 Å². The van der Waals surface area contributed by atoms with Gasteiger partial charge < -0.3 is 10.6 Å². The van der Waals surface area contributed by atoms with Crippen molar-refractivity contribution in [1.82, 2.24) is 9.97 Å². The van der Waals surface area contributed by atoms with Crippen LogP contribution in [-0.2, 0) is 0 Å². The van der Waals surface area contributed by atoms with E-state index in [9.17, 15) is 0 Å². The van der Waals surface area contributed by atoms with E-state index in [-0.39, 0.29) is 6.04 Å². The molecule has 2 aromatic carbocycles. The molecule has 0 saturated carbocycles. The van der Waals surface area contributed by atoms with Crippen LogP contribution in [0.1, 0.15) is 29.8 Å². The minimum Gasteiger partial charge on any atom is -0.348 e. The molecular formula is C20H21BrN4. The van der Waals surface area contributed by atoms with Crippen LogP contribution in [0.15, 0.2) is 59.1 Å². The standard InChI is InChI=1S/C20H21BrN4/c1-13-11-17(21)9-10-18(13)24-19-12-14(2)22-20(25-19)23-15(3)16-7-5-4-6-8-16/h4-12,15H,1-3H3,(H2,22,23,24,25). The van der Waals surface area contributed by atoms with E-state index in [1.165, 1.54) is 5.56 Å². The van der Waals surface area contributed by atoms with Crippen molar-refractivity contribution in [3.05, 3.63) is 75.9 Å². The summed E-state index contributed by atoms with van der Waals surface area (Å²) >= 11 is 3.49. The molecule has 0 aliphatic carbocycles. The van der Waals surface area contributed by atoms with Crippen molar-refractivity contribution >= 4 is 33.4 Å². The van der Waals surface area contributed by atoms with Crippen LogP contribution >= 0.6 is 15.9 Å². The van der Waals surface area contributed by atoms with Gasteiger partial charge in [0.2, 0.25) is 5.95 Å². The highest BCUT2D eigenvalue weighted by atomic mass is 79.9. The lowest BCUT2D eigenvalue weighted by Gasteiger charge is -2.16. The second kappa shape index (κ2) is 7.66. The summed E-state index contributed by atoms with van der Waals surface area (Å²) in [4.78, 5) is 9.12. The topological polar surface area (TPSA) is 49.8 Å². The van der Waals surface area contributed by atoms with Gasteiger partial charge in [-0.05, 0) is 50.1 Å². The van der Waals surface area contributed by atoms with Crippen LogP contribution in [0.25, 0.3) is 0 Å². The first-order valence-corrected chi connectivity index (χ1v) is 9.01. The lowest BCUT2D eigenvalue weighted by Crippen LogP contribution is -2.11. The second-order valence-corrected chi connectivity index (χ2v) is 6.99. The molecule has 0 bridgehead atoms. The quantitative estimate of drug-likeness (QED) is 0.574. The molecule has 0 amide bonds. The van der Waals surface area contributed by atoms with Gasteiger partial charge in [0.1, 0.15) is 5.82 Å². The third-order valence-corrected chi connectivity index (χ3v) is 4.44. The predicted molar refractivity (Wildman–Crippen MR) is 107 cm³/mol. The summed E-state index contributed by atoms with van der Waals surface area (Å²) in [6, 6.07) is 18.5. The fraction of sp³-hybridized carbons (Fsp3) is 0.200. The maximum absolute atomic E-state index is 4.61. The summed E-state index contributed by atoms with van der Waals surface area (Å²) in [5.74, 6) is 1.40. The van der Waals surface area contributed by atoms with Crippen LogP contribution in [-0.4, -0.2) is 9.97 Å². The van der Waals surface area contributed by atoms with Crippen LogP contribution in [0.3, 0.4) is 0 Å². The van der Waals surface area contributed by atoms with Crippen LogP contribution in [0.2, 0.25) is 0 Å². The lowest BCUT2D eigenvalue weighted by atomic mass is 10.1. The Hall–Kier alpha value is -2.40. The van der Waals surface area contributed by atoms with Gasteiger partial charge in [0.15, 0.2) is 0 Å². The molecule has 25 heavy (non-hydrogen) atoms. The molecule has 0 fully saturated rings. The van der Waals surface area contributed by atoms with Gasteiger partial charge in [-0.1, -0.05) is 46.3 Å². The van der Waals surface area contributed by atoms with E-state index in [4.69, 9.17) is 0 Å². The molecule has 4 nitrogen and oxygen atoms in total. The van der Waals surface area contributed by atoms with Gasteiger partial charge in [-0.25, -0.2) is 4.98 Å². The van der Waals surface area contributed by atoms with Gasteiger partial charge in [-0.15, -0.1) is 0 Å². The third-order valence-electron chi connectivity index (χ3n) is 3.95. The Kier molecular flexibility index (Phi) is 5.34. The third kappa shape index (κ3) is 4.57. The zero-order valence-electron chi connectivity index (χ0n) is 14.5. The predicted octanol–water partition coefficient (Wildman–Crippen LogP) is 5.77. The average Bonchev–Trinajstić information content (AvgIpc) is 2.58. The van der Waals surface area contributed by atoms with Crippen LogP contribution in [0, 0.1) is 13.8 Å². The highest BCUT2D eigenvalue weighted by Crippen LogP contribution is 2.24. The molecule has 5 heteroatoms. The van der Waals surface area contributed by atoms with E-state index in [1.807, 2.05) is 43.3 Å². The van der Waals surface area contributed by atoms with E-state index in [2.05, 4.69) is 68.6 Å². The monoisotopic (exact) mass is 396 g/mol. The van der Waals surface area contributed by atoms with E-state index >= 15 is 0 Å². The fourth-order valence-corrected chi connectivity index (χ4v) is 3.10. The molecule has 3 rings (SSSR count). The van der Waals surface area contributed by atoms with Crippen LogP contribution < -0.4 is 10.6 Å².